The van der Waals surface area contributed by atoms with Gasteiger partial charge in [-0.15, -0.1) is 0 Å². The zero-order valence-electron chi connectivity index (χ0n) is 12.6. The van der Waals surface area contributed by atoms with E-state index in [2.05, 4.69) is 40.4 Å². The molecule has 4 heteroatoms. The van der Waals surface area contributed by atoms with Crippen LogP contribution < -0.4 is 15.0 Å². The van der Waals surface area contributed by atoms with Gasteiger partial charge in [0.25, 0.3) is 0 Å². The van der Waals surface area contributed by atoms with E-state index in [9.17, 15) is 0 Å². The van der Waals surface area contributed by atoms with Crippen molar-refractivity contribution in [2.75, 3.05) is 45.2 Å². The predicted molar refractivity (Wildman–Crippen MR) is 82.6 cm³/mol. The highest BCUT2D eigenvalue weighted by Gasteiger charge is 2.26. The van der Waals surface area contributed by atoms with E-state index in [4.69, 9.17) is 4.74 Å². The second-order valence-corrected chi connectivity index (χ2v) is 5.90. The topological polar surface area (TPSA) is 27.7 Å². The number of hydrogen-bond acceptors (Lipinski definition) is 4. The van der Waals surface area contributed by atoms with Crippen LogP contribution in [-0.2, 0) is 6.54 Å². The first-order valence-corrected chi connectivity index (χ1v) is 7.61. The van der Waals surface area contributed by atoms with Crippen molar-refractivity contribution in [3.63, 3.8) is 0 Å². The molecule has 4 nitrogen and oxygen atoms in total. The van der Waals surface area contributed by atoms with Gasteiger partial charge in [0.05, 0.1) is 7.11 Å². The molecule has 0 radical (unpaired) electrons. The van der Waals surface area contributed by atoms with Gasteiger partial charge in [-0.05, 0) is 44.6 Å². The largest absolute Gasteiger partial charge is 0.497 e. The van der Waals surface area contributed by atoms with Gasteiger partial charge in [0.1, 0.15) is 5.75 Å². The molecule has 0 aliphatic carbocycles. The molecule has 0 spiro atoms. The fourth-order valence-corrected chi connectivity index (χ4v) is 3.32. The molecule has 2 aliphatic heterocycles. The molecule has 110 valence electrons. The number of rotatable bonds is 2. The fourth-order valence-electron chi connectivity index (χ4n) is 3.32. The summed E-state index contributed by atoms with van der Waals surface area (Å²) in [7, 11) is 3.97. The van der Waals surface area contributed by atoms with E-state index >= 15 is 0 Å². The number of methoxy groups -OCH3 is 1. The van der Waals surface area contributed by atoms with E-state index in [0.717, 1.165) is 25.4 Å². The highest BCUT2D eigenvalue weighted by Crippen LogP contribution is 2.31. The number of nitrogens with one attached hydrogen (secondary N) is 1. The van der Waals surface area contributed by atoms with Crippen LogP contribution in [0.15, 0.2) is 18.2 Å². The summed E-state index contributed by atoms with van der Waals surface area (Å²) in [6.07, 6.45) is 2.51. The van der Waals surface area contributed by atoms with Gasteiger partial charge in [-0.1, -0.05) is 6.07 Å². The van der Waals surface area contributed by atoms with E-state index in [1.165, 1.54) is 37.2 Å². The normalized spacial score (nSPS) is 21.4. The van der Waals surface area contributed by atoms with Crippen LogP contribution in [0.2, 0.25) is 0 Å². The molecular weight excluding hydrogens is 250 g/mol. The van der Waals surface area contributed by atoms with E-state index in [-0.39, 0.29) is 0 Å². The summed E-state index contributed by atoms with van der Waals surface area (Å²) in [6, 6.07) is 7.14. The SMILES string of the molecule is COc1ccc2c(c1)N(C1CCN(C)CC1)CCNC2. The van der Waals surface area contributed by atoms with Crippen LogP contribution in [0.4, 0.5) is 5.69 Å². The molecule has 1 fully saturated rings. The molecule has 1 aromatic rings. The van der Waals surface area contributed by atoms with Gasteiger partial charge >= 0.3 is 0 Å². The Morgan fingerprint density at radius 1 is 1.20 bits per heavy atom. The second kappa shape index (κ2) is 6.02. The van der Waals surface area contributed by atoms with Crippen molar-refractivity contribution in [3.05, 3.63) is 23.8 Å². The maximum atomic E-state index is 5.42. The number of nitrogens with zero attached hydrogens (tertiary/aromatic N) is 2. The average Bonchev–Trinajstić information content (AvgIpc) is 2.69. The number of hydrogen-bond donors (Lipinski definition) is 1. The predicted octanol–water partition coefficient (Wildman–Crippen LogP) is 1.70. The van der Waals surface area contributed by atoms with Gasteiger partial charge in [-0.25, -0.2) is 0 Å². The van der Waals surface area contributed by atoms with Crippen molar-refractivity contribution in [1.29, 1.82) is 0 Å². The Labute approximate surface area is 121 Å². The molecule has 0 aromatic heterocycles. The lowest BCUT2D eigenvalue weighted by Gasteiger charge is -2.38. The molecule has 2 heterocycles. The highest BCUT2D eigenvalue weighted by atomic mass is 16.5. The minimum atomic E-state index is 0.664. The van der Waals surface area contributed by atoms with Gasteiger partial charge in [0, 0.05) is 37.4 Å². The number of piperidine rings is 1. The Bertz CT molecular complexity index is 455. The van der Waals surface area contributed by atoms with Crippen LogP contribution >= 0.6 is 0 Å². The van der Waals surface area contributed by atoms with Gasteiger partial charge in [0.15, 0.2) is 0 Å². The lowest BCUT2D eigenvalue weighted by atomic mass is 10.0. The van der Waals surface area contributed by atoms with Gasteiger partial charge in [0.2, 0.25) is 0 Å². The summed E-state index contributed by atoms with van der Waals surface area (Å²) in [5.74, 6) is 0.962. The van der Waals surface area contributed by atoms with Crippen molar-refractivity contribution in [3.8, 4) is 5.75 Å². The first-order valence-electron chi connectivity index (χ1n) is 7.61. The Balaban J connectivity index is 1.87. The number of benzene rings is 1. The summed E-state index contributed by atoms with van der Waals surface area (Å²) in [4.78, 5) is 5.03. The molecule has 0 atom stereocenters. The molecule has 2 aliphatic rings. The first-order chi connectivity index (χ1) is 9.78. The lowest BCUT2D eigenvalue weighted by molar-refractivity contribution is 0.250. The summed E-state index contributed by atoms with van der Waals surface area (Å²) < 4.78 is 5.42. The number of likely N-dealkylation sites (tertiary alicyclic amines) is 1. The first kappa shape index (κ1) is 13.7. The molecular formula is C16H25N3O. The third kappa shape index (κ3) is 2.76. The fraction of sp³-hybridized carbons (Fsp3) is 0.625. The van der Waals surface area contributed by atoms with Crippen molar-refractivity contribution in [2.45, 2.75) is 25.4 Å². The smallest absolute Gasteiger partial charge is 0.120 e. The summed E-state index contributed by atoms with van der Waals surface area (Å²) >= 11 is 0. The summed E-state index contributed by atoms with van der Waals surface area (Å²) in [6.45, 7) is 5.52. The minimum absolute atomic E-state index is 0.664. The zero-order chi connectivity index (χ0) is 13.9. The maximum absolute atomic E-state index is 5.42. The van der Waals surface area contributed by atoms with Crippen molar-refractivity contribution >= 4 is 5.69 Å². The van der Waals surface area contributed by atoms with Gasteiger partial charge in [-0.3, -0.25) is 0 Å². The molecule has 1 aromatic carbocycles. The number of anilines is 1. The van der Waals surface area contributed by atoms with Gasteiger partial charge in [-0.2, -0.15) is 0 Å². The quantitative estimate of drug-likeness (QED) is 0.889. The van der Waals surface area contributed by atoms with E-state index < -0.39 is 0 Å². The van der Waals surface area contributed by atoms with E-state index in [1.54, 1.807) is 7.11 Å². The Morgan fingerprint density at radius 3 is 2.75 bits per heavy atom. The molecule has 0 amide bonds. The standard InChI is InChI=1S/C16H25N3O/c1-18-8-5-14(6-9-18)19-10-7-17-12-13-3-4-15(20-2)11-16(13)19/h3-4,11,14,17H,5-10,12H2,1-2H3. The van der Waals surface area contributed by atoms with Crippen LogP contribution in [0.3, 0.4) is 0 Å². The van der Waals surface area contributed by atoms with Crippen LogP contribution in [-0.4, -0.2) is 51.3 Å². The molecule has 0 unspecified atom stereocenters. The average molecular weight is 275 g/mol. The summed E-state index contributed by atoms with van der Waals surface area (Å²) in [5.41, 5.74) is 2.76. The Morgan fingerprint density at radius 2 is 2.00 bits per heavy atom. The summed E-state index contributed by atoms with van der Waals surface area (Å²) in [5, 5.41) is 3.53. The van der Waals surface area contributed by atoms with Crippen molar-refractivity contribution in [1.82, 2.24) is 10.2 Å². The third-order valence-corrected chi connectivity index (χ3v) is 4.58. The van der Waals surface area contributed by atoms with Crippen LogP contribution in [0.5, 0.6) is 5.75 Å². The van der Waals surface area contributed by atoms with Crippen LogP contribution in [0.1, 0.15) is 18.4 Å². The van der Waals surface area contributed by atoms with Crippen molar-refractivity contribution in [2.24, 2.45) is 0 Å². The zero-order valence-corrected chi connectivity index (χ0v) is 12.6. The second-order valence-electron chi connectivity index (χ2n) is 5.90. The van der Waals surface area contributed by atoms with Crippen LogP contribution in [0.25, 0.3) is 0 Å². The molecule has 0 bridgehead atoms. The van der Waals surface area contributed by atoms with E-state index in [1.807, 2.05) is 0 Å². The molecule has 0 saturated carbocycles. The molecule has 1 saturated heterocycles. The minimum Gasteiger partial charge on any atom is -0.497 e. The van der Waals surface area contributed by atoms with Crippen LogP contribution in [0, 0.1) is 0 Å². The highest BCUT2D eigenvalue weighted by molar-refractivity contribution is 5.58. The maximum Gasteiger partial charge on any atom is 0.120 e. The Kier molecular flexibility index (Phi) is 4.13. The molecule has 20 heavy (non-hydrogen) atoms. The van der Waals surface area contributed by atoms with Gasteiger partial charge < -0.3 is 19.9 Å². The molecule has 1 N–H and O–H groups in total. The number of fused-ring (bicyclic) bond motifs is 1. The van der Waals surface area contributed by atoms with Crippen molar-refractivity contribution < 1.29 is 4.74 Å². The monoisotopic (exact) mass is 275 g/mol. The third-order valence-electron chi connectivity index (χ3n) is 4.58. The number of ether oxygens (including phenoxy) is 1. The Hall–Kier alpha value is -1.26. The molecule has 3 rings (SSSR count). The van der Waals surface area contributed by atoms with E-state index in [0.29, 0.717) is 6.04 Å². The lowest BCUT2D eigenvalue weighted by Crippen LogP contribution is -2.45.